The Hall–Kier alpha value is -0.0400. The summed E-state index contributed by atoms with van der Waals surface area (Å²) in [5, 5.41) is 0. The second kappa shape index (κ2) is 3.03. The lowest BCUT2D eigenvalue weighted by atomic mass is 10.4. The molecule has 0 aromatic heterocycles. The van der Waals surface area contributed by atoms with Crippen LogP contribution in [-0.4, -0.2) is 25.0 Å². The van der Waals surface area contributed by atoms with Crippen LogP contribution in [0.3, 0.4) is 0 Å². The smallest absolute Gasteiger partial charge is 0.00213 e. The molecule has 0 amide bonds. The lowest BCUT2D eigenvalue weighted by Gasteiger charge is -2.01. The maximum atomic E-state index is 2.36. The summed E-state index contributed by atoms with van der Waals surface area (Å²) >= 11 is 0. The predicted octanol–water partition coefficient (Wildman–Crippen LogP) is 1.35. The molecule has 0 atom stereocenters. The van der Waals surface area contributed by atoms with Crippen molar-refractivity contribution in [1.29, 1.82) is 0 Å². The fraction of sp³-hybridized carbons (Fsp3) is 1.00. The maximum Gasteiger partial charge on any atom is -0.00213 e. The predicted molar refractivity (Wildman–Crippen MR) is 33.5 cm³/mol. The first-order valence-electron chi connectivity index (χ1n) is 2.58. The van der Waals surface area contributed by atoms with Crippen LogP contribution in [0, 0.1) is 0 Å². The van der Waals surface area contributed by atoms with Crippen LogP contribution >= 0.6 is 0 Å². The molecule has 0 aromatic carbocycles. The Morgan fingerprint density at radius 3 is 1.71 bits per heavy atom. The first-order valence-corrected chi connectivity index (χ1v) is 2.58. The van der Waals surface area contributed by atoms with Crippen molar-refractivity contribution in [2.75, 3.05) is 20.1 Å². The Kier molecular flexibility index (Phi) is 3.01. The zero-order valence-corrected chi connectivity index (χ0v) is 4.28. The van der Waals surface area contributed by atoms with E-state index in [0.717, 1.165) is 0 Å². The molecule has 0 spiro atoms. The van der Waals surface area contributed by atoms with Gasteiger partial charge in [-0.15, -0.1) is 0 Å². The number of nitrogens with zero attached hydrogens (tertiary/aromatic N) is 1. The molecule has 1 nitrogen and oxygen atoms in total. The third kappa shape index (κ3) is 1.93. The van der Waals surface area contributed by atoms with Gasteiger partial charge in [-0.05, 0) is 33.0 Å². The quantitative estimate of drug-likeness (QED) is 0.445. The Bertz CT molecular complexity index is 37.4. The van der Waals surface area contributed by atoms with Gasteiger partial charge in [-0.25, -0.2) is 0 Å². The summed E-state index contributed by atoms with van der Waals surface area (Å²) in [5.41, 5.74) is 0. The second-order valence-electron chi connectivity index (χ2n) is 2.01. The summed E-state index contributed by atoms with van der Waals surface area (Å²) in [6.45, 7) is 2.64. The summed E-state index contributed by atoms with van der Waals surface area (Å²) in [4.78, 5) is 2.36. The fourth-order valence-corrected chi connectivity index (χ4v) is 0.875. The molecular formula is C6H15N. The SMILES string of the molecule is C.CN1CCCC1. The summed E-state index contributed by atoms with van der Waals surface area (Å²) in [6, 6.07) is 0. The summed E-state index contributed by atoms with van der Waals surface area (Å²) < 4.78 is 0. The van der Waals surface area contributed by atoms with Gasteiger partial charge in [-0.1, -0.05) is 7.43 Å². The number of rotatable bonds is 0. The van der Waals surface area contributed by atoms with Gasteiger partial charge in [0.05, 0.1) is 0 Å². The molecule has 0 N–H and O–H groups in total. The highest BCUT2D eigenvalue weighted by molar-refractivity contribution is 4.59. The topological polar surface area (TPSA) is 3.24 Å². The molecule has 1 rings (SSSR count). The van der Waals surface area contributed by atoms with Gasteiger partial charge in [-0.2, -0.15) is 0 Å². The lowest BCUT2D eigenvalue weighted by molar-refractivity contribution is 0.418. The van der Waals surface area contributed by atoms with E-state index in [4.69, 9.17) is 0 Å². The zero-order valence-electron chi connectivity index (χ0n) is 4.28. The van der Waals surface area contributed by atoms with E-state index in [1.54, 1.807) is 0 Å². The summed E-state index contributed by atoms with van der Waals surface area (Å²) in [5.74, 6) is 0. The number of hydrogen-bond acceptors (Lipinski definition) is 1. The van der Waals surface area contributed by atoms with Gasteiger partial charge in [0.1, 0.15) is 0 Å². The second-order valence-corrected chi connectivity index (χ2v) is 2.01. The monoisotopic (exact) mass is 101 g/mol. The van der Waals surface area contributed by atoms with Crippen molar-refractivity contribution in [2.45, 2.75) is 20.3 Å². The summed E-state index contributed by atoms with van der Waals surface area (Å²) in [6.07, 6.45) is 2.83. The zero-order chi connectivity index (χ0) is 4.41. The minimum Gasteiger partial charge on any atom is -0.306 e. The van der Waals surface area contributed by atoms with Crippen molar-refractivity contribution in [1.82, 2.24) is 4.90 Å². The van der Waals surface area contributed by atoms with Crippen LogP contribution in [0.25, 0.3) is 0 Å². The average molecular weight is 101 g/mol. The molecule has 0 unspecified atom stereocenters. The van der Waals surface area contributed by atoms with E-state index in [0.29, 0.717) is 0 Å². The van der Waals surface area contributed by atoms with E-state index in [1.165, 1.54) is 25.9 Å². The molecule has 0 saturated carbocycles. The van der Waals surface area contributed by atoms with Crippen molar-refractivity contribution in [3.05, 3.63) is 0 Å². The molecule has 7 heavy (non-hydrogen) atoms. The highest BCUT2D eigenvalue weighted by Crippen LogP contribution is 2.01. The van der Waals surface area contributed by atoms with Gasteiger partial charge in [0.2, 0.25) is 0 Å². The molecule has 0 aliphatic carbocycles. The summed E-state index contributed by atoms with van der Waals surface area (Å²) in [7, 11) is 2.17. The van der Waals surface area contributed by atoms with Crippen molar-refractivity contribution in [2.24, 2.45) is 0 Å². The first-order chi connectivity index (χ1) is 2.89. The van der Waals surface area contributed by atoms with E-state index < -0.39 is 0 Å². The maximum absolute atomic E-state index is 2.36. The van der Waals surface area contributed by atoms with Gasteiger partial charge in [0.25, 0.3) is 0 Å². The molecule has 1 saturated heterocycles. The van der Waals surface area contributed by atoms with Crippen LogP contribution in [0.5, 0.6) is 0 Å². The van der Waals surface area contributed by atoms with Crippen LogP contribution in [0.15, 0.2) is 0 Å². The Labute approximate surface area is 46.3 Å². The van der Waals surface area contributed by atoms with Crippen molar-refractivity contribution >= 4 is 0 Å². The Balaban J connectivity index is 0.000000360. The molecule has 1 aliphatic rings. The van der Waals surface area contributed by atoms with Crippen LogP contribution in [0.2, 0.25) is 0 Å². The van der Waals surface area contributed by atoms with E-state index in [1.807, 2.05) is 0 Å². The highest BCUT2D eigenvalue weighted by Gasteiger charge is 2.03. The lowest BCUT2D eigenvalue weighted by Crippen LogP contribution is -2.10. The molecular weight excluding hydrogens is 86.1 g/mol. The van der Waals surface area contributed by atoms with E-state index in [9.17, 15) is 0 Å². The van der Waals surface area contributed by atoms with Gasteiger partial charge in [0.15, 0.2) is 0 Å². The van der Waals surface area contributed by atoms with Crippen LogP contribution in [0.1, 0.15) is 20.3 Å². The molecule has 1 heterocycles. The van der Waals surface area contributed by atoms with Crippen LogP contribution in [0.4, 0.5) is 0 Å². The third-order valence-electron chi connectivity index (χ3n) is 1.33. The minimum atomic E-state index is 0. The van der Waals surface area contributed by atoms with Gasteiger partial charge < -0.3 is 4.90 Å². The third-order valence-corrected chi connectivity index (χ3v) is 1.33. The van der Waals surface area contributed by atoms with Crippen molar-refractivity contribution in [3.63, 3.8) is 0 Å². The van der Waals surface area contributed by atoms with E-state index in [2.05, 4.69) is 11.9 Å². The van der Waals surface area contributed by atoms with E-state index in [-0.39, 0.29) is 7.43 Å². The molecule has 0 aromatic rings. The molecule has 1 heteroatoms. The van der Waals surface area contributed by atoms with Crippen LogP contribution in [-0.2, 0) is 0 Å². The minimum absolute atomic E-state index is 0. The van der Waals surface area contributed by atoms with Gasteiger partial charge in [0, 0.05) is 0 Å². The highest BCUT2D eigenvalue weighted by atomic mass is 15.1. The molecule has 1 fully saturated rings. The molecule has 1 aliphatic heterocycles. The van der Waals surface area contributed by atoms with Crippen molar-refractivity contribution in [3.8, 4) is 0 Å². The van der Waals surface area contributed by atoms with Gasteiger partial charge in [-0.3, -0.25) is 0 Å². The van der Waals surface area contributed by atoms with Crippen molar-refractivity contribution < 1.29 is 0 Å². The fourth-order valence-electron chi connectivity index (χ4n) is 0.875. The molecule has 0 radical (unpaired) electrons. The van der Waals surface area contributed by atoms with E-state index >= 15 is 0 Å². The number of hydrogen-bond donors (Lipinski definition) is 0. The Morgan fingerprint density at radius 2 is 1.57 bits per heavy atom. The molecule has 0 bridgehead atoms. The standard InChI is InChI=1S/C5H11N.CH4/c1-6-4-2-3-5-6;/h2-5H2,1H3;1H4. The largest absolute Gasteiger partial charge is 0.306 e. The van der Waals surface area contributed by atoms with Gasteiger partial charge >= 0.3 is 0 Å². The normalized spacial score (nSPS) is 21.9. The molecule has 44 valence electrons. The average Bonchev–Trinajstić information content (AvgIpc) is 1.86. The Morgan fingerprint density at radius 1 is 1.14 bits per heavy atom. The number of likely N-dealkylation sites (tertiary alicyclic amines) is 1. The first kappa shape index (κ1) is 6.96. The van der Waals surface area contributed by atoms with Crippen LogP contribution < -0.4 is 0 Å².